The summed E-state index contributed by atoms with van der Waals surface area (Å²) in [7, 11) is 0. The lowest BCUT2D eigenvalue weighted by Gasteiger charge is -2.10. The molecule has 23 heavy (non-hydrogen) atoms. The number of phenolic OH excluding ortho intramolecular Hbond substituents is 1. The predicted molar refractivity (Wildman–Crippen MR) is 89.4 cm³/mol. The van der Waals surface area contributed by atoms with Gasteiger partial charge < -0.3 is 5.11 Å². The molecule has 5 aromatic rings. The molecule has 0 bridgehead atoms. The Bertz CT molecular complexity index is 1300. The van der Waals surface area contributed by atoms with Crippen LogP contribution in [0.5, 0.6) is 5.75 Å². The zero-order valence-corrected chi connectivity index (χ0v) is 12.2. The molecule has 0 aliphatic heterocycles. The van der Waals surface area contributed by atoms with Crippen molar-refractivity contribution >= 4 is 38.2 Å². The Morgan fingerprint density at radius 3 is 2.83 bits per heavy atom. The SMILES string of the molecule is Cc1c(O)cc2c(=O)n3c4ccncc4nc3c3cccc1c23. The van der Waals surface area contributed by atoms with E-state index in [1.54, 1.807) is 28.9 Å². The first-order chi connectivity index (χ1) is 11.2. The summed E-state index contributed by atoms with van der Waals surface area (Å²) in [5.41, 5.74) is 2.63. The first-order valence-corrected chi connectivity index (χ1v) is 7.29. The Morgan fingerprint density at radius 2 is 1.96 bits per heavy atom. The molecule has 0 amide bonds. The lowest BCUT2D eigenvalue weighted by atomic mass is 9.98. The lowest BCUT2D eigenvalue weighted by molar-refractivity contribution is 0.473. The van der Waals surface area contributed by atoms with Crippen molar-refractivity contribution in [2.24, 2.45) is 0 Å². The first kappa shape index (κ1) is 12.3. The lowest BCUT2D eigenvalue weighted by Crippen LogP contribution is -2.13. The molecule has 0 aliphatic rings. The number of pyridine rings is 2. The van der Waals surface area contributed by atoms with Crippen LogP contribution in [-0.2, 0) is 0 Å². The molecule has 3 aromatic heterocycles. The van der Waals surface area contributed by atoms with Crippen LogP contribution in [0, 0.1) is 6.92 Å². The van der Waals surface area contributed by atoms with Crippen LogP contribution in [0.1, 0.15) is 5.56 Å². The molecule has 0 spiro atoms. The maximum atomic E-state index is 13.0. The average molecular weight is 301 g/mol. The van der Waals surface area contributed by atoms with Crippen LogP contribution >= 0.6 is 0 Å². The minimum Gasteiger partial charge on any atom is -0.508 e. The fraction of sp³-hybridized carbons (Fsp3) is 0.0556. The van der Waals surface area contributed by atoms with Gasteiger partial charge in [-0.25, -0.2) is 4.98 Å². The molecular weight excluding hydrogens is 290 g/mol. The van der Waals surface area contributed by atoms with Gasteiger partial charge in [0.2, 0.25) is 0 Å². The Labute approximate surface area is 129 Å². The van der Waals surface area contributed by atoms with Crippen molar-refractivity contribution in [1.82, 2.24) is 14.4 Å². The van der Waals surface area contributed by atoms with Crippen LogP contribution in [-0.4, -0.2) is 19.5 Å². The maximum Gasteiger partial charge on any atom is 0.264 e. The highest BCUT2D eigenvalue weighted by Gasteiger charge is 2.18. The predicted octanol–water partition coefficient (Wildman–Crippen LogP) is 3.00. The highest BCUT2D eigenvalue weighted by atomic mass is 16.3. The summed E-state index contributed by atoms with van der Waals surface area (Å²) in [6.45, 7) is 1.85. The third-order valence-corrected chi connectivity index (χ3v) is 4.53. The molecule has 0 atom stereocenters. The second kappa shape index (κ2) is 3.95. The largest absolute Gasteiger partial charge is 0.508 e. The summed E-state index contributed by atoms with van der Waals surface area (Å²) in [5, 5.41) is 13.3. The summed E-state index contributed by atoms with van der Waals surface area (Å²) < 4.78 is 1.60. The number of rotatable bonds is 0. The van der Waals surface area contributed by atoms with E-state index in [9.17, 15) is 9.90 Å². The van der Waals surface area contributed by atoms with Gasteiger partial charge in [0.1, 0.15) is 16.9 Å². The molecule has 1 N–H and O–H groups in total. The molecule has 2 aromatic carbocycles. The van der Waals surface area contributed by atoms with Crippen LogP contribution < -0.4 is 5.56 Å². The molecule has 5 heteroatoms. The normalized spacial score (nSPS) is 12.0. The molecule has 0 unspecified atom stereocenters. The molecule has 0 radical (unpaired) electrons. The molecule has 0 aliphatic carbocycles. The summed E-state index contributed by atoms with van der Waals surface area (Å²) in [4.78, 5) is 21.7. The van der Waals surface area contributed by atoms with E-state index in [2.05, 4.69) is 9.97 Å². The molecule has 110 valence electrons. The van der Waals surface area contributed by atoms with Crippen LogP contribution in [0.4, 0.5) is 0 Å². The highest BCUT2D eigenvalue weighted by molar-refractivity contribution is 6.16. The fourth-order valence-electron chi connectivity index (χ4n) is 3.40. The van der Waals surface area contributed by atoms with Gasteiger partial charge in [0.15, 0.2) is 0 Å². The zero-order valence-electron chi connectivity index (χ0n) is 12.2. The van der Waals surface area contributed by atoms with Crippen molar-refractivity contribution in [2.75, 3.05) is 0 Å². The van der Waals surface area contributed by atoms with Gasteiger partial charge in [0.05, 0.1) is 17.1 Å². The third-order valence-electron chi connectivity index (χ3n) is 4.53. The van der Waals surface area contributed by atoms with Gasteiger partial charge in [-0.1, -0.05) is 18.2 Å². The second-order valence-corrected chi connectivity index (χ2v) is 5.74. The number of aromatic hydroxyl groups is 1. The Balaban J connectivity index is 2.24. The zero-order chi connectivity index (χ0) is 15.7. The van der Waals surface area contributed by atoms with Gasteiger partial charge in [0, 0.05) is 17.0 Å². The topological polar surface area (TPSA) is 67.5 Å². The summed E-state index contributed by atoms with van der Waals surface area (Å²) in [6.07, 6.45) is 3.30. The van der Waals surface area contributed by atoms with Gasteiger partial charge in [-0.2, -0.15) is 0 Å². The number of nitrogens with zero attached hydrogens (tertiary/aromatic N) is 3. The highest BCUT2D eigenvalue weighted by Crippen LogP contribution is 2.34. The number of aryl methyl sites for hydroxylation is 1. The van der Waals surface area contributed by atoms with E-state index in [0.29, 0.717) is 16.6 Å². The monoisotopic (exact) mass is 301 g/mol. The minimum absolute atomic E-state index is 0.132. The second-order valence-electron chi connectivity index (χ2n) is 5.74. The van der Waals surface area contributed by atoms with Crippen LogP contribution in [0.15, 0.2) is 47.5 Å². The standard InChI is InChI=1S/C18H11N3O2/c1-9-10-3-2-4-11-16(10)12(7-15(9)22)18(23)21-14-5-6-19-8-13(14)20-17(11)21/h2-8,22H,1H3. The van der Waals surface area contributed by atoms with Crippen LogP contribution in [0.2, 0.25) is 0 Å². The van der Waals surface area contributed by atoms with Crippen molar-refractivity contribution < 1.29 is 5.11 Å². The van der Waals surface area contributed by atoms with E-state index in [1.165, 1.54) is 0 Å². The number of hydrogen-bond donors (Lipinski definition) is 1. The van der Waals surface area contributed by atoms with E-state index >= 15 is 0 Å². The quantitative estimate of drug-likeness (QED) is 0.477. The van der Waals surface area contributed by atoms with E-state index in [4.69, 9.17) is 0 Å². The summed E-state index contributed by atoms with van der Waals surface area (Å²) in [5.74, 6) is 0.132. The van der Waals surface area contributed by atoms with Gasteiger partial charge in [-0.3, -0.25) is 14.2 Å². The third kappa shape index (κ3) is 1.39. The van der Waals surface area contributed by atoms with Crippen molar-refractivity contribution in [2.45, 2.75) is 6.92 Å². The number of imidazole rings is 1. The molecule has 0 saturated carbocycles. The number of hydrogen-bond acceptors (Lipinski definition) is 4. The summed E-state index contributed by atoms with van der Waals surface area (Å²) >= 11 is 0. The Kier molecular flexibility index (Phi) is 2.12. The number of benzene rings is 2. The van der Waals surface area contributed by atoms with Gasteiger partial charge >= 0.3 is 0 Å². The van der Waals surface area contributed by atoms with Gasteiger partial charge in [-0.05, 0) is 30.0 Å². The molecule has 0 fully saturated rings. The summed E-state index contributed by atoms with van der Waals surface area (Å²) in [6, 6.07) is 9.14. The van der Waals surface area contributed by atoms with Gasteiger partial charge in [-0.15, -0.1) is 0 Å². The van der Waals surface area contributed by atoms with E-state index in [0.717, 1.165) is 27.2 Å². The Morgan fingerprint density at radius 1 is 1.13 bits per heavy atom. The van der Waals surface area contributed by atoms with Crippen molar-refractivity contribution in [3.63, 3.8) is 0 Å². The first-order valence-electron chi connectivity index (χ1n) is 7.29. The van der Waals surface area contributed by atoms with Crippen molar-refractivity contribution in [1.29, 1.82) is 0 Å². The van der Waals surface area contributed by atoms with Crippen molar-refractivity contribution in [3.8, 4) is 5.75 Å². The van der Waals surface area contributed by atoms with Crippen molar-refractivity contribution in [3.05, 3.63) is 58.6 Å². The molecule has 0 saturated heterocycles. The number of phenols is 1. The van der Waals surface area contributed by atoms with Crippen LogP contribution in [0.3, 0.4) is 0 Å². The van der Waals surface area contributed by atoms with E-state index in [-0.39, 0.29) is 11.3 Å². The van der Waals surface area contributed by atoms with Gasteiger partial charge in [0.25, 0.3) is 5.56 Å². The fourth-order valence-corrected chi connectivity index (χ4v) is 3.40. The number of aromatic nitrogens is 3. The molecular formula is C18H11N3O2. The van der Waals surface area contributed by atoms with E-state index < -0.39 is 0 Å². The molecule has 5 nitrogen and oxygen atoms in total. The number of fused-ring (bicyclic) bond motifs is 4. The smallest absolute Gasteiger partial charge is 0.264 e. The Hall–Kier alpha value is -3.21. The average Bonchev–Trinajstić information content (AvgIpc) is 2.96. The molecule has 3 heterocycles. The molecule has 5 rings (SSSR count). The van der Waals surface area contributed by atoms with Crippen LogP contribution in [0.25, 0.3) is 38.2 Å². The minimum atomic E-state index is -0.173. The van der Waals surface area contributed by atoms with E-state index in [1.807, 2.05) is 25.1 Å². The maximum absolute atomic E-state index is 13.0.